The summed E-state index contributed by atoms with van der Waals surface area (Å²) >= 11 is 0. The van der Waals surface area contributed by atoms with Crippen molar-refractivity contribution in [1.82, 2.24) is 15.0 Å². The molecule has 0 saturated heterocycles. The summed E-state index contributed by atoms with van der Waals surface area (Å²) in [6.45, 7) is 2.10. The zero-order valence-electron chi connectivity index (χ0n) is 9.75. The van der Waals surface area contributed by atoms with Gasteiger partial charge < -0.3 is 4.74 Å². The first-order valence-corrected chi connectivity index (χ1v) is 5.34. The quantitative estimate of drug-likeness (QED) is 0.753. The van der Waals surface area contributed by atoms with E-state index in [0.29, 0.717) is 0 Å². The van der Waals surface area contributed by atoms with Gasteiger partial charge in [0.25, 0.3) is 0 Å². The molecule has 0 N–H and O–H groups in total. The van der Waals surface area contributed by atoms with Crippen LogP contribution in [0.25, 0.3) is 5.69 Å². The largest absolute Gasteiger partial charge is 0.464 e. The standard InChI is InChI=1S/C12H13N3O2/c1-3-9-4-6-10(7-5-9)15-8-11(13-14-15)12(16)17-2/h4-8H,3H2,1-2H3. The highest BCUT2D eigenvalue weighted by Crippen LogP contribution is 2.09. The van der Waals surface area contributed by atoms with Crippen molar-refractivity contribution in [2.75, 3.05) is 7.11 Å². The molecule has 5 nitrogen and oxygen atoms in total. The zero-order valence-corrected chi connectivity index (χ0v) is 9.75. The van der Waals surface area contributed by atoms with Gasteiger partial charge in [-0.15, -0.1) is 5.10 Å². The molecular formula is C12H13N3O2. The molecule has 0 fully saturated rings. The van der Waals surface area contributed by atoms with Crippen LogP contribution in [-0.2, 0) is 11.2 Å². The number of aryl methyl sites for hydroxylation is 1. The summed E-state index contributed by atoms with van der Waals surface area (Å²) in [5.74, 6) is -0.485. The minimum absolute atomic E-state index is 0.201. The molecule has 0 aliphatic carbocycles. The van der Waals surface area contributed by atoms with Crippen LogP contribution in [0.4, 0.5) is 0 Å². The number of esters is 1. The molecule has 0 saturated carbocycles. The van der Waals surface area contributed by atoms with Gasteiger partial charge in [-0.3, -0.25) is 0 Å². The van der Waals surface area contributed by atoms with E-state index in [1.165, 1.54) is 12.7 Å². The number of methoxy groups -OCH3 is 1. The van der Waals surface area contributed by atoms with E-state index in [4.69, 9.17) is 0 Å². The molecule has 1 aromatic heterocycles. The number of ether oxygens (including phenoxy) is 1. The maximum atomic E-state index is 11.2. The molecule has 0 amide bonds. The molecule has 2 rings (SSSR count). The zero-order chi connectivity index (χ0) is 12.3. The minimum Gasteiger partial charge on any atom is -0.464 e. The number of hydrogen-bond acceptors (Lipinski definition) is 4. The van der Waals surface area contributed by atoms with Gasteiger partial charge in [-0.05, 0) is 24.1 Å². The summed E-state index contributed by atoms with van der Waals surface area (Å²) < 4.78 is 6.11. The van der Waals surface area contributed by atoms with Crippen molar-refractivity contribution in [2.24, 2.45) is 0 Å². The highest BCUT2D eigenvalue weighted by atomic mass is 16.5. The average molecular weight is 231 g/mol. The predicted molar refractivity (Wildman–Crippen MR) is 62.1 cm³/mol. The molecule has 0 aliphatic heterocycles. The summed E-state index contributed by atoms with van der Waals surface area (Å²) in [7, 11) is 1.32. The Morgan fingerprint density at radius 3 is 2.65 bits per heavy atom. The smallest absolute Gasteiger partial charge is 0.360 e. The van der Waals surface area contributed by atoms with Crippen LogP contribution >= 0.6 is 0 Å². The lowest BCUT2D eigenvalue weighted by molar-refractivity contribution is 0.0594. The molecule has 0 radical (unpaired) electrons. The Balaban J connectivity index is 2.27. The molecule has 17 heavy (non-hydrogen) atoms. The second kappa shape index (κ2) is 4.78. The van der Waals surface area contributed by atoms with E-state index >= 15 is 0 Å². The van der Waals surface area contributed by atoms with Crippen LogP contribution < -0.4 is 0 Å². The minimum atomic E-state index is -0.485. The van der Waals surface area contributed by atoms with Gasteiger partial charge >= 0.3 is 5.97 Å². The first-order chi connectivity index (χ1) is 8.24. The fraction of sp³-hybridized carbons (Fsp3) is 0.250. The third kappa shape index (κ3) is 2.33. The van der Waals surface area contributed by atoms with Gasteiger partial charge in [-0.1, -0.05) is 24.3 Å². The molecule has 88 valence electrons. The van der Waals surface area contributed by atoms with Crippen LogP contribution in [-0.4, -0.2) is 28.1 Å². The van der Waals surface area contributed by atoms with Gasteiger partial charge in [0, 0.05) is 0 Å². The molecule has 0 bridgehead atoms. The monoisotopic (exact) mass is 231 g/mol. The Morgan fingerprint density at radius 2 is 2.06 bits per heavy atom. The first kappa shape index (κ1) is 11.3. The molecule has 0 unspecified atom stereocenters. The van der Waals surface area contributed by atoms with Crippen LogP contribution in [0.15, 0.2) is 30.5 Å². The van der Waals surface area contributed by atoms with Crippen LogP contribution in [0.5, 0.6) is 0 Å². The van der Waals surface area contributed by atoms with Crippen molar-refractivity contribution in [3.63, 3.8) is 0 Å². The molecule has 2 aromatic rings. The van der Waals surface area contributed by atoms with Gasteiger partial charge in [-0.2, -0.15) is 0 Å². The van der Waals surface area contributed by atoms with Crippen LogP contribution in [0.1, 0.15) is 23.0 Å². The molecule has 1 aromatic carbocycles. The molecule has 0 spiro atoms. The summed E-state index contributed by atoms with van der Waals surface area (Å²) in [6.07, 6.45) is 2.54. The van der Waals surface area contributed by atoms with Gasteiger partial charge in [0.1, 0.15) is 0 Å². The summed E-state index contributed by atoms with van der Waals surface area (Å²) in [4.78, 5) is 11.2. The summed E-state index contributed by atoms with van der Waals surface area (Å²) in [5.41, 5.74) is 2.32. The fourth-order valence-electron chi connectivity index (χ4n) is 1.47. The number of carbonyl (C=O) groups is 1. The Morgan fingerprint density at radius 1 is 1.35 bits per heavy atom. The predicted octanol–water partition coefficient (Wildman–Crippen LogP) is 1.62. The number of nitrogens with zero attached hydrogens (tertiary/aromatic N) is 3. The SMILES string of the molecule is CCc1ccc(-n2cc(C(=O)OC)nn2)cc1. The van der Waals surface area contributed by atoms with E-state index in [1.807, 2.05) is 24.3 Å². The number of benzene rings is 1. The van der Waals surface area contributed by atoms with E-state index in [-0.39, 0.29) is 5.69 Å². The fourth-order valence-corrected chi connectivity index (χ4v) is 1.47. The number of hydrogen-bond donors (Lipinski definition) is 0. The van der Waals surface area contributed by atoms with Gasteiger partial charge in [0.15, 0.2) is 5.69 Å². The topological polar surface area (TPSA) is 57.0 Å². The Kier molecular flexibility index (Phi) is 3.18. The summed E-state index contributed by atoms with van der Waals surface area (Å²) in [6, 6.07) is 7.92. The second-order valence-corrected chi connectivity index (χ2v) is 3.56. The van der Waals surface area contributed by atoms with Crippen LogP contribution in [0.2, 0.25) is 0 Å². The van der Waals surface area contributed by atoms with Crippen molar-refractivity contribution in [1.29, 1.82) is 0 Å². The Labute approximate surface area is 99.0 Å². The highest BCUT2D eigenvalue weighted by Gasteiger charge is 2.10. The van der Waals surface area contributed by atoms with Gasteiger partial charge in [0.2, 0.25) is 0 Å². The average Bonchev–Trinajstić information content (AvgIpc) is 2.87. The number of carbonyl (C=O) groups excluding carboxylic acids is 1. The lowest BCUT2D eigenvalue weighted by atomic mass is 10.1. The van der Waals surface area contributed by atoms with E-state index in [1.54, 1.807) is 10.9 Å². The number of aromatic nitrogens is 3. The van der Waals surface area contributed by atoms with Crippen molar-refractivity contribution in [2.45, 2.75) is 13.3 Å². The van der Waals surface area contributed by atoms with E-state index < -0.39 is 5.97 Å². The maximum Gasteiger partial charge on any atom is 0.360 e. The third-order valence-electron chi connectivity index (χ3n) is 2.50. The Bertz CT molecular complexity index is 517. The van der Waals surface area contributed by atoms with Crippen molar-refractivity contribution >= 4 is 5.97 Å². The van der Waals surface area contributed by atoms with Crippen molar-refractivity contribution < 1.29 is 9.53 Å². The van der Waals surface area contributed by atoms with Gasteiger partial charge in [0.05, 0.1) is 19.0 Å². The van der Waals surface area contributed by atoms with Crippen LogP contribution in [0, 0.1) is 0 Å². The molecular weight excluding hydrogens is 218 g/mol. The summed E-state index contributed by atoms with van der Waals surface area (Å²) in [5, 5.41) is 7.62. The maximum absolute atomic E-state index is 11.2. The Hall–Kier alpha value is -2.17. The molecule has 0 aliphatic rings. The van der Waals surface area contributed by atoms with Gasteiger partial charge in [-0.25, -0.2) is 9.48 Å². The van der Waals surface area contributed by atoms with E-state index in [9.17, 15) is 4.79 Å². The van der Waals surface area contributed by atoms with Crippen LogP contribution in [0.3, 0.4) is 0 Å². The molecule has 1 heterocycles. The van der Waals surface area contributed by atoms with E-state index in [2.05, 4.69) is 22.0 Å². The van der Waals surface area contributed by atoms with Crippen molar-refractivity contribution in [3.8, 4) is 5.69 Å². The molecule has 5 heteroatoms. The van der Waals surface area contributed by atoms with Crippen molar-refractivity contribution in [3.05, 3.63) is 41.7 Å². The normalized spacial score (nSPS) is 10.2. The second-order valence-electron chi connectivity index (χ2n) is 3.56. The lowest BCUT2D eigenvalue weighted by Gasteiger charge is -2.00. The van der Waals surface area contributed by atoms with E-state index in [0.717, 1.165) is 12.1 Å². The first-order valence-electron chi connectivity index (χ1n) is 5.34. The molecule has 0 atom stereocenters. The highest BCUT2D eigenvalue weighted by molar-refractivity contribution is 5.86. The third-order valence-corrected chi connectivity index (χ3v) is 2.50. The number of rotatable bonds is 3. The lowest BCUT2D eigenvalue weighted by Crippen LogP contribution is -2.01.